The smallest absolute Gasteiger partial charge is 0.310 e. The van der Waals surface area contributed by atoms with Crippen molar-refractivity contribution in [3.8, 4) is 0 Å². The standard InChI is InChI=1S/C9H10O3/c1-2-12-9(11)8-5-3-4-6(10)7(5)8/h3-5,7-8H,2H2,1H3/t5-,7+,8+/m0/s1. The third kappa shape index (κ3) is 0.891. The summed E-state index contributed by atoms with van der Waals surface area (Å²) in [5.41, 5.74) is 0. The number of hydrogen-bond donors (Lipinski definition) is 0. The van der Waals surface area contributed by atoms with Gasteiger partial charge < -0.3 is 4.74 Å². The Morgan fingerprint density at radius 2 is 2.42 bits per heavy atom. The number of esters is 1. The van der Waals surface area contributed by atoms with E-state index in [4.69, 9.17) is 4.74 Å². The van der Waals surface area contributed by atoms with Gasteiger partial charge in [0.15, 0.2) is 5.78 Å². The molecule has 12 heavy (non-hydrogen) atoms. The van der Waals surface area contributed by atoms with Crippen LogP contribution in [0, 0.1) is 17.8 Å². The minimum Gasteiger partial charge on any atom is -0.466 e. The van der Waals surface area contributed by atoms with Crippen LogP contribution in [0.3, 0.4) is 0 Å². The van der Waals surface area contributed by atoms with Crippen molar-refractivity contribution in [1.29, 1.82) is 0 Å². The lowest BCUT2D eigenvalue weighted by Crippen LogP contribution is -2.11. The molecule has 2 aliphatic rings. The fraction of sp³-hybridized carbons (Fsp3) is 0.556. The van der Waals surface area contributed by atoms with E-state index in [0.717, 1.165) is 0 Å². The van der Waals surface area contributed by atoms with Crippen molar-refractivity contribution in [2.45, 2.75) is 6.92 Å². The Labute approximate surface area is 70.4 Å². The third-order valence-corrected chi connectivity index (χ3v) is 2.45. The quantitative estimate of drug-likeness (QED) is 0.563. The maximum Gasteiger partial charge on any atom is 0.310 e. The SMILES string of the molecule is CCOC(=O)[C@@H]1[C@H]2C=CC(=O)[C@@H]21. The predicted octanol–water partition coefficient (Wildman–Crippen LogP) is 0.551. The molecule has 0 N–H and O–H groups in total. The average molecular weight is 166 g/mol. The molecule has 0 radical (unpaired) electrons. The van der Waals surface area contributed by atoms with Crippen molar-refractivity contribution in [1.82, 2.24) is 0 Å². The van der Waals surface area contributed by atoms with Crippen molar-refractivity contribution >= 4 is 11.8 Å². The zero-order valence-corrected chi connectivity index (χ0v) is 6.82. The molecule has 0 aromatic rings. The Bertz CT molecular complexity index is 267. The first-order chi connectivity index (χ1) is 5.75. The van der Waals surface area contributed by atoms with Crippen molar-refractivity contribution in [2.24, 2.45) is 17.8 Å². The molecular formula is C9H10O3. The summed E-state index contributed by atoms with van der Waals surface area (Å²) in [5, 5.41) is 0. The van der Waals surface area contributed by atoms with E-state index in [0.29, 0.717) is 6.61 Å². The van der Waals surface area contributed by atoms with Gasteiger partial charge >= 0.3 is 5.97 Å². The highest BCUT2D eigenvalue weighted by atomic mass is 16.5. The third-order valence-electron chi connectivity index (χ3n) is 2.45. The summed E-state index contributed by atoms with van der Waals surface area (Å²) in [7, 11) is 0. The van der Waals surface area contributed by atoms with Gasteiger partial charge in [0.1, 0.15) is 0 Å². The van der Waals surface area contributed by atoms with E-state index in [1.807, 2.05) is 6.08 Å². The number of carbonyl (C=O) groups is 2. The molecule has 1 saturated carbocycles. The number of rotatable bonds is 2. The van der Waals surface area contributed by atoms with Crippen molar-refractivity contribution < 1.29 is 14.3 Å². The van der Waals surface area contributed by atoms with E-state index >= 15 is 0 Å². The molecule has 0 bridgehead atoms. The topological polar surface area (TPSA) is 43.4 Å². The summed E-state index contributed by atoms with van der Waals surface area (Å²) in [6, 6.07) is 0. The van der Waals surface area contributed by atoms with E-state index in [1.165, 1.54) is 0 Å². The lowest BCUT2D eigenvalue weighted by atomic mass is 10.2. The Morgan fingerprint density at radius 3 is 2.92 bits per heavy atom. The van der Waals surface area contributed by atoms with Gasteiger partial charge in [-0.25, -0.2) is 0 Å². The minimum absolute atomic E-state index is 0.0796. The first-order valence-electron chi connectivity index (χ1n) is 4.14. The second kappa shape index (κ2) is 2.44. The normalized spacial score (nSPS) is 36.4. The molecule has 3 heteroatoms. The summed E-state index contributed by atoms with van der Waals surface area (Å²) < 4.78 is 4.83. The number of hydrogen-bond acceptors (Lipinski definition) is 3. The number of carbonyl (C=O) groups excluding carboxylic acids is 2. The predicted molar refractivity (Wildman–Crippen MR) is 41.3 cm³/mol. The highest BCUT2D eigenvalue weighted by Gasteiger charge is 2.60. The fourth-order valence-corrected chi connectivity index (χ4v) is 1.80. The van der Waals surface area contributed by atoms with Crippen LogP contribution in [-0.4, -0.2) is 18.4 Å². The molecule has 0 aromatic carbocycles. The van der Waals surface area contributed by atoms with Crippen LogP contribution in [0.25, 0.3) is 0 Å². The zero-order valence-electron chi connectivity index (χ0n) is 6.82. The fourth-order valence-electron chi connectivity index (χ4n) is 1.80. The molecule has 0 heterocycles. The Kier molecular flexibility index (Phi) is 1.53. The average Bonchev–Trinajstić information content (AvgIpc) is 2.65. The first-order valence-corrected chi connectivity index (χ1v) is 4.14. The van der Waals surface area contributed by atoms with E-state index in [1.54, 1.807) is 13.0 Å². The molecule has 2 rings (SSSR count). The molecule has 0 spiro atoms. The highest BCUT2D eigenvalue weighted by Crippen LogP contribution is 2.52. The van der Waals surface area contributed by atoms with E-state index < -0.39 is 0 Å². The van der Waals surface area contributed by atoms with Crippen LogP contribution in [0.5, 0.6) is 0 Å². The monoisotopic (exact) mass is 166 g/mol. The van der Waals surface area contributed by atoms with Gasteiger partial charge in [0, 0.05) is 11.8 Å². The molecular weight excluding hydrogens is 156 g/mol. The van der Waals surface area contributed by atoms with Gasteiger partial charge in [-0.05, 0) is 13.0 Å². The molecule has 0 saturated heterocycles. The Balaban J connectivity index is 1.99. The van der Waals surface area contributed by atoms with Gasteiger partial charge in [-0.15, -0.1) is 0 Å². The largest absolute Gasteiger partial charge is 0.466 e. The highest BCUT2D eigenvalue weighted by molar-refractivity contribution is 6.02. The Hall–Kier alpha value is -1.12. The summed E-state index contributed by atoms with van der Waals surface area (Å²) in [4.78, 5) is 22.2. The lowest BCUT2D eigenvalue weighted by molar-refractivity contribution is -0.145. The van der Waals surface area contributed by atoms with Crippen molar-refractivity contribution in [2.75, 3.05) is 6.61 Å². The summed E-state index contributed by atoms with van der Waals surface area (Å²) in [6.07, 6.45) is 3.37. The number of fused-ring (bicyclic) bond motifs is 1. The van der Waals surface area contributed by atoms with Crippen LogP contribution in [0.4, 0.5) is 0 Å². The molecule has 3 nitrogen and oxygen atoms in total. The molecule has 0 amide bonds. The van der Waals surface area contributed by atoms with Gasteiger partial charge in [0.25, 0.3) is 0 Å². The van der Waals surface area contributed by atoms with Crippen LogP contribution < -0.4 is 0 Å². The second-order valence-corrected chi connectivity index (χ2v) is 3.14. The Morgan fingerprint density at radius 1 is 1.67 bits per heavy atom. The number of ether oxygens (including phenoxy) is 1. The first kappa shape index (κ1) is 7.53. The molecule has 3 atom stereocenters. The minimum atomic E-state index is -0.217. The van der Waals surface area contributed by atoms with Crippen LogP contribution in [0.15, 0.2) is 12.2 Å². The molecule has 1 fully saturated rings. The summed E-state index contributed by atoms with van der Waals surface area (Å²) in [6.45, 7) is 2.17. The van der Waals surface area contributed by atoms with Crippen LogP contribution in [-0.2, 0) is 14.3 Å². The molecule has 0 unspecified atom stereocenters. The zero-order chi connectivity index (χ0) is 8.72. The van der Waals surface area contributed by atoms with E-state index in [2.05, 4.69) is 0 Å². The van der Waals surface area contributed by atoms with Crippen LogP contribution >= 0.6 is 0 Å². The van der Waals surface area contributed by atoms with Gasteiger partial charge in [0.05, 0.1) is 12.5 Å². The summed E-state index contributed by atoms with van der Waals surface area (Å²) >= 11 is 0. The van der Waals surface area contributed by atoms with Crippen LogP contribution in [0.2, 0.25) is 0 Å². The molecule has 0 aromatic heterocycles. The maximum atomic E-state index is 11.2. The molecule has 2 aliphatic carbocycles. The van der Waals surface area contributed by atoms with Crippen molar-refractivity contribution in [3.05, 3.63) is 12.2 Å². The van der Waals surface area contributed by atoms with E-state index in [9.17, 15) is 9.59 Å². The molecule has 0 aliphatic heterocycles. The number of ketones is 1. The van der Waals surface area contributed by atoms with Gasteiger partial charge in [0.2, 0.25) is 0 Å². The van der Waals surface area contributed by atoms with Crippen molar-refractivity contribution in [3.63, 3.8) is 0 Å². The maximum absolute atomic E-state index is 11.2. The lowest BCUT2D eigenvalue weighted by Gasteiger charge is -1.99. The second-order valence-electron chi connectivity index (χ2n) is 3.14. The molecule has 64 valence electrons. The van der Waals surface area contributed by atoms with Gasteiger partial charge in [-0.3, -0.25) is 9.59 Å². The van der Waals surface area contributed by atoms with E-state index in [-0.39, 0.29) is 29.5 Å². The van der Waals surface area contributed by atoms with Gasteiger partial charge in [-0.1, -0.05) is 6.08 Å². The van der Waals surface area contributed by atoms with Crippen LogP contribution in [0.1, 0.15) is 6.92 Å². The summed E-state index contributed by atoms with van der Waals surface area (Å²) in [5.74, 6) is -0.230. The van der Waals surface area contributed by atoms with Gasteiger partial charge in [-0.2, -0.15) is 0 Å². The number of allylic oxidation sites excluding steroid dienone is 2.